The Labute approximate surface area is 310 Å². The van der Waals surface area contributed by atoms with Crippen LogP contribution in [0.25, 0.3) is 17.2 Å². The zero-order valence-corrected chi connectivity index (χ0v) is 33.0. The van der Waals surface area contributed by atoms with Gasteiger partial charge in [-0.25, -0.2) is 0 Å². The van der Waals surface area contributed by atoms with Gasteiger partial charge < -0.3 is 24.8 Å². The predicted molar refractivity (Wildman–Crippen MR) is 181 cm³/mol. The van der Waals surface area contributed by atoms with Crippen molar-refractivity contribution in [2.75, 3.05) is 0 Å². The number of hydrogen-bond donors (Lipinski definition) is 0. The molecule has 0 saturated carbocycles. The molecule has 6 rings (SSSR count). The van der Waals surface area contributed by atoms with Gasteiger partial charge in [0.1, 0.15) is 0 Å². The fourth-order valence-corrected chi connectivity index (χ4v) is 6.52. The normalized spacial score (nSPS) is 13.0. The molecule has 0 aliphatic heterocycles. The summed E-state index contributed by atoms with van der Waals surface area (Å²) in [7, 11) is 0. The first-order valence-corrected chi connectivity index (χ1v) is 15.9. The Morgan fingerprint density at radius 3 is 1.75 bits per heavy atom. The Kier molecular flexibility index (Phi) is 11.9. The Morgan fingerprint density at radius 1 is 0.705 bits per heavy atom. The first-order chi connectivity index (χ1) is 19.4. The summed E-state index contributed by atoms with van der Waals surface area (Å²) in [5.41, 5.74) is 10.3. The summed E-state index contributed by atoms with van der Waals surface area (Å²) in [5.74, 6) is 0. The minimum Gasteiger partial charge on any atom is -1.00 e. The van der Waals surface area contributed by atoms with Crippen molar-refractivity contribution >= 4 is 49.1 Å². The molecule has 0 unspecified atom stereocenters. The third-order valence-electron chi connectivity index (χ3n) is 8.18. The standard InChI is InChI=1S/C39H35Br2.2ClH.Zr/c1-38(2,3)28-16-11-27-21-33-32(31(27)22-28)23-34(39(4,5)6)37(36(33)24-9-7-8-10-24)35(25-12-17-29(40)18-13-25)26-14-19-30(41)20-15-26;;;/h7-9,11-20,22-23H,10H2,1-6H3;2*1H;/q-1;;;+3/p-2. The number of rotatable bonds is 3. The predicted octanol–water partition coefficient (Wildman–Crippen LogP) is 3.71. The van der Waals surface area contributed by atoms with Crippen LogP contribution in [-0.4, -0.2) is 0 Å². The summed E-state index contributed by atoms with van der Waals surface area (Å²) < 4.78 is 2.16. The summed E-state index contributed by atoms with van der Waals surface area (Å²) in [6, 6.07) is 27.0. The minimum atomic E-state index is -0.0912. The van der Waals surface area contributed by atoms with E-state index in [9.17, 15) is 0 Å². The van der Waals surface area contributed by atoms with Crippen molar-refractivity contribution in [1.29, 1.82) is 0 Å². The van der Waals surface area contributed by atoms with Crippen LogP contribution >= 0.6 is 31.9 Å². The van der Waals surface area contributed by atoms with Gasteiger partial charge in [-0.3, -0.25) is 0 Å². The van der Waals surface area contributed by atoms with E-state index < -0.39 is 0 Å². The van der Waals surface area contributed by atoms with Crippen molar-refractivity contribution in [1.82, 2.24) is 0 Å². The third kappa shape index (κ3) is 7.08. The van der Waals surface area contributed by atoms with Gasteiger partial charge in [-0.2, -0.15) is 0 Å². The molecule has 0 fully saturated rings. The molecule has 0 bridgehead atoms. The van der Waals surface area contributed by atoms with E-state index in [0.29, 0.717) is 0 Å². The van der Waals surface area contributed by atoms with Crippen LogP contribution in [0.15, 0.2) is 100.0 Å². The van der Waals surface area contributed by atoms with Crippen molar-refractivity contribution < 1.29 is 51.0 Å². The van der Waals surface area contributed by atoms with E-state index in [-0.39, 0.29) is 61.8 Å². The molecular weight excluding hydrogens is 790 g/mol. The molecular formula is C39H35Br2Cl2Zr. The molecule has 1 radical (unpaired) electrons. The summed E-state index contributed by atoms with van der Waals surface area (Å²) in [6.45, 7) is 13.9. The van der Waals surface area contributed by atoms with Gasteiger partial charge >= 0.3 is 26.2 Å². The first-order valence-electron chi connectivity index (χ1n) is 14.3. The quantitative estimate of drug-likeness (QED) is 0.244. The molecule has 0 atom stereocenters. The van der Waals surface area contributed by atoms with E-state index in [2.05, 4.69) is 171 Å². The van der Waals surface area contributed by atoms with Crippen LogP contribution in [0.2, 0.25) is 0 Å². The van der Waals surface area contributed by atoms with E-state index in [1.807, 2.05) is 0 Å². The van der Waals surface area contributed by atoms with Gasteiger partial charge in [-0.05, 0) is 69.0 Å². The maximum atomic E-state index is 3.90. The second-order valence-corrected chi connectivity index (χ2v) is 15.0. The van der Waals surface area contributed by atoms with Crippen LogP contribution in [0.1, 0.15) is 81.3 Å². The van der Waals surface area contributed by atoms with Crippen molar-refractivity contribution in [3.05, 3.63) is 154 Å². The Balaban J connectivity index is 0.00000176. The molecule has 0 heterocycles. The van der Waals surface area contributed by atoms with Crippen LogP contribution < -0.4 is 35.3 Å². The SMILES string of the molecule is CC(C)(C)c1ccc2c(c1)=c1cc(C(C)(C)C)c(=C(c3ccc(Br)cc3)c3ccc(Br)cc3)c(C3=CC=CC3)c1[C-]=2.[Cl-].[Cl-].[Zr+3]. The molecule has 223 valence electrons. The average Bonchev–Trinajstić information content (AvgIpc) is 3.57. The van der Waals surface area contributed by atoms with E-state index in [4.69, 9.17) is 0 Å². The Bertz CT molecular complexity index is 1930. The molecule has 4 aromatic carbocycles. The molecule has 2 aliphatic rings. The molecule has 0 nitrogen and oxygen atoms in total. The van der Waals surface area contributed by atoms with Gasteiger partial charge in [-0.15, -0.1) is 33.4 Å². The maximum absolute atomic E-state index is 3.90. The number of fused-ring (bicyclic) bond motifs is 2. The van der Waals surface area contributed by atoms with Gasteiger partial charge in [0.05, 0.1) is 0 Å². The molecule has 0 spiro atoms. The molecule has 0 saturated heterocycles. The molecule has 0 aromatic heterocycles. The fraction of sp³-hybridized carbons (Fsp3) is 0.231. The van der Waals surface area contributed by atoms with Gasteiger partial charge in [0.15, 0.2) is 0 Å². The zero-order valence-electron chi connectivity index (χ0n) is 25.9. The minimum absolute atomic E-state index is 0. The Hall–Kier alpha value is -1.48. The molecule has 2 aliphatic carbocycles. The third-order valence-corrected chi connectivity index (χ3v) is 9.24. The first kappa shape index (κ1) is 37.0. The summed E-state index contributed by atoms with van der Waals surface area (Å²) in [6.07, 6.45) is 11.6. The smallest absolute Gasteiger partial charge is 1.00 e. The topological polar surface area (TPSA) is 0 Å². The second kappa shape index (κ2) is 14.1. The molecule has 44 heavy (non-hydrogen) atoms. The summed E-state index contributed by atoms with van der Waals surface area (Å²) in [5, 5.41) is 5.10. The van der Waals surface area contributed by atoms with Gasteiger partial charge in [0, 0.05) is 8.95 Å². The van der Waals surface area contributed by atoms with Gasteiger partial charge in [-0.1, -0.05) is 151 Å². The van der Waals surface area contributed by atoms with Crippen molar-refractivity contribution in [3.63, 3.8) is 0 Å². The van der Waals surface area contributed by atoms with Crippen LogP contribution in [0, 0.1) is 10.4 Å². The van der Waals surface area contributed by atoms with E-state index in [1.165, 1.54) is 65.4 Å². The number of benzene rings is 4. The second-order valence-electron chi connectivity index (χ2n) is 13.2. The van der Waals surface area contributed by atoms with Crippen molar-refractivity contribution in [2.24, 2.45) is 0 Å². The summed E-state index contributed by atoms with van der Waals surface area (Å²) in [4.78, 5) is 0. The number of hydrogen-bond acceptors (Lipinski definition) is 0. The average molecular weight is 826 g/mol. The summed E-state index contributed by atoms with van der Waals surface area (Å²) >= 11 is 7.33. The van der Waals surface area contributed by atoms with Crippen LogP contribution in [0.4, 0.5) is 0 Å². The Morgan fingerprint density at radius 2 is 1.27 bits per heavy atom. The maximum Gasteiger partial charge on any atom is 3.00 e. The zero-order chi connectivity index (χ0) is 29.1. The van der Waals surface area contributed by atoms with Crippen LogP contribution in [0.5, 0.6) is 0 Å². The molecule has 4 aromatic rings. The monoisotopic (exact) mass is 821 g/mol. The van der Waals surface area contributed by atoms with Crippen molar-refractivity contribution in [2.45, 2.75) is 58.8 Å². The number of halogens is 4. The number of allylic oxidation sites excluding steroid dienone is 4. The van der Waals surface area contributed by atoms with E-state index >= 15 is 0 Å². The van der Waals surface area contributed by atoms with E-state index in [1.54, 1.807) is 0 Å². The van der Waals surface area contributed by atoms with Crippen LogP contribution in [-0.2, 0) is 37.0 Å². The van der Waals surface area contributed by atoms with Crippen molar-refractivity contribution in [3.8, 4) is 0 Å². The fourth-order valence-electron chi connectivity index (χ4n) is 6.00. The van der Waals surface area contributed by atoms with Gasteiger partial charge in [0.2, 0.25) is 0 Å². The van der Waals surface area contributed by atoms with Crippen LogP contribution in [0.3, 0.4) is 0 Å². The molecule has 0 N–H and O–H groups in total. The van der Waals surface area contributed by atoms with Gasteiger partial charge in [0.25, 0.3) is 0 Å². The molecule has 5 heteroatoms. The van der Waals surface area contributed by atoms with E-state index in [0.717, 1.165) is 15.4 Å². The molecule has 0 amide bonds. The largest absolute Gasteiger partial charge is 3.00 e.